The molecule has 3 aromatic rings. The summed E-state index contributed by atoms with van der Waals surface area (Å²) in [5.41, 5.74) is 4.05. The summed E-state index contributed by atoms with van der Waals surface area (Å²) in [5.74, 6) is 0. The number of hydrogen-bond acceptors (Lipinski definition) is 2. The van der Waals surface area contributed by atoms with E-state index >= 15 is 0 Å². The molecule has 1 heterocycles. The van der Waals surface area contributed by atoms with E-state index in [1.807, 2.05) is 31.2 Å². The first-order valence-corrected chi connectivity index (χ1v) is 5.98. The summed E-state index contributed by atoms with van der Waals surface area (Å²) in [7, 11) is 0. The van der Waals surface area contributed by atoms with Gasteiger partial charge < -0.3 is 4.98 Å². The van der Waals surface area contributed by atoms with Crippen molar-refractivity contribution in [2.45, 2.75) is 6.92 Å². The van der Waals surface area contributed by atoms with Crippen molar-refractivity contribution in [2.75, 3.05) is 0 Å². The smallest absolute Gasteiger partial charge is 0.270 e. The quantitative estimate of drug-likeness (QED) is 0.552. The molecule has 0 saturated heterocycles. The lowest BCUT2D eigenvalue weighted by molar-refractivity contribution is -0.384. The van der Waals surface area contributed by atoms with Gasteiger partial charge in [0.2, 0.25) is 0 Å². The molecule has 19 heavy (non-hydrogen) atoms. The third-order valence-corrected chi connectivity index (χ3v) is 3.14. The zero-order valence-electron chi connectivity index (χ0n) is 10.4. The molecule has 0 unspecified atom stereocenters. The zero-order valence-corrected chi connectivity index (χ0v) is 10.4. The van der Waals surface area contributed by atoms with Crippen LogP contribution in [-0.4, -0.2) is 9.91 Å². The largest absolute Gasteiger partial charge is 0.355 e. The Labute approximate surface area is 109 Å². The Balaban J connectivity index is 2.13. The molecule has 0 spiro atoms. The van der Waals surface area contributed by atoms with Crippen LogP contribution < -0.4 is 0 Å². The molecule has 0 atom stereocenters. The monoisotopic (exact) mass is 252 g/mol. The topological polar surface area (TPSA) is 58.9 Å². The first-order chi connectivity index (χ1) is 9.13. The fourth-order valence-electron chi connectivity index (χ4n) is 2.19. The molecule has 0 bridgehead atoms. The average Bonchev–Trinajstić information content (AvgIpc) is 2.81. The number of aryl methyl sites for hydroxylation is 1. The summed E-state index contributed by atoms with van der Waals surface area (Å²) in [6.07, 6.45) is 0. The Morgan fingerprint density at radius 1 is 1.11 bits per heavy atom. The van der Waals surface area contributed by atoms with Crippen molar-refractivity contribution in [3.8, 4) is 11.3 Å². The molecule has 94 valence electrons. The van der Waals surface area contributed by atoms with E-state index in [1.54, 1.807) is 12.1 Å². The molecule has 2 aromatic carbocycles. The second kappa shape index (κ2) is 4.24. The summed E-state index contributed by atoms with van der Waals surface area (Å²) in [5, 5.41) is 11.9. The van der Waals surface area contributed by atoms with E-state index in [-0.39, 0.29) is 10.6 Å². The van der Waals surface area contributed by atoms with E-state index in [0.717, 1.165) is 22.2 Å². The highest BCUT2D eigenvalue weighted by Crippen LogP contribution is 2.27. The number of aromatic amines is 1. The first-order valence-electron chi connectivity index (χ1n) is 5.98. The van der Waals surface area contributed by atoms with Crippen LogP contribution in [0.1, 0.15) is 5.56 Å². The number of nitro groups is 1. The molecule has 0 amide bonds. The number of nitro benzene ring substituents is 1. The van der Waals surface area contributed by atoms with Gasteiger partial charge in [0.1, 0.15) is 0 Å². The van der Waals surface area contributed by atoms with Crippen molar-refractivity contribution in [3.63, 3.8) is 0 Å². The van der Waals surface area contributed by atoms with E-state index < -0.39 is 0 Å². The molecule has 4 nitrogen and oxygen atoms in total. The van der Waals surface area contributed by atoms with Crippen LogP contribution in [0.5, 0.6) is 0 Å². The van der Waals surface area contributed by atoms with Crippen LogP contribution in [0.15, 0.2) is 48.5 Å². The molecule has 3 rings (SSSR count). The standard InChI is InChI=1S/C15H12N2O2/c1-10-5-6-14-12(7-10)9-15(16-14)11-3-2-4-13(8-11)17(18)19/h2-9,16H,1H3. The highest BCUT2D eigenvalue weighted by Gasteiger charge is 2.09. The zero-order chi connectivity index (χ0) is 13.4. The molecule has 4 heteroatoms. The lowest BCUT2D eigenvalue weighted by Gasteiger charge is -1.97. The Morgan fingerprint density at radius 3 is 2.74 bits per heavy atom. The summed E-state index contributed by atoms with van der Waals surface area (Å²) in [4.78, 5) is 13.7. The second-order valence-corrected chi connectivity index (χ2v) is 4.58. The van der Waals surface area contributed by atoms with Gasteiger partial charge in [-0.2, -0.15) is 0 Å². The predicted octanol–water partition coefficient (Wildman–Crippen LogP) is 4.05. The van der Waals surface area contributed by atoms with Crippen LogP contribution >= 0.6 is 0 Å². The summed E-state index contributed by atoms with van der Waals surface area (Å²) >= 11 is 0. The van der Waals surface area contributed by atoms with Crippen LogP contribution in [0.3, 0.4) is 0 Å². The van der Waals surface area contributed by atoms with E-state index in [0.29, 0.717) is 0 Å². The van der Waals surface area contributed by atoms with Gasteiger partial charge in [-0.3, -0.25) is 10.1 Å². The lowest BCUT2D eigenvalue weighted by Crippen LogP contribution is -1.87. The van der Waals surface area contributed by atoms with Crippen LogP contribution in [0, 0.1) is 17.0 Å². The fourth-order valence-corrected chi connectivity index (χ4v) is 2.19. The maximum absolute atomic E-state index is 10.8. The average molecular weight is 252 g/mol. The van der Waals surface area contributed by atoms with E-state index in [4.69, 9.17) is 0 Å². The number of rotatable bonds is 2. The predicted molar refractivity (Wildman–Crippen MR) is 75.1 cm³/mol. The third kappa shape index (κ3) is 2.08. The van der Waals surface area contributed by atoms with E-state index in [9.17, 15) is 10.1 Å². The Hall–Kier alpha value is -2.62. The van der Waals surface area contributed by atoms with Gasteiger partial charge in [-0.05, 0) is 25.1 Å². The van der Waals surface area contributed by atoms with Crippen LogP contribution in [-0.2, 0) is 0 Å². The second-order valence-electron chi connectivity index (χ2n) is 4.58. The van der Waals surface area contributed by atoms with Gasteiger partial charge in [0.25, 0.3) is 5.69 Å². The summed E-state index contributed by atoms with van der Waals surface area (Å²) in [6.45, 7) is 2.04. The molecule has 0 aliphatic heterocycles. The van der Waals surface area contributed by atoms with Gasteiger partial charge in [0.15, 0.2) is 0 Å². The van der Waals surface area contributed by atoms with Gasteiger partial charge >= 0.3 is 0 Å². The van der Waals surface area contributed by atoms with E-state index in [1.165, 1.54) is 11.6 Å². The van der Waals surface area contributed by atoms with Gasteiger partial charge in [-0.25, -0.2) is 0 Å². The number of H-pyrrole nitrogens is 1. The van der Waals surface area contributed by atoms with Crippen molar-refractivity contribution < 1.29 is 4.92 Å². The van der Waals surface area contributed by atoms with Crippen LogP contribution in [0.25, 0.3) is 22.2 Å². The summed E-state index contributed by atoms with van der Waals surface area (Å²) < 4.78 is 0. The van der Waals surface area contributed by atoms with Crippen molar-refractivity contribution in [2.24, 2.45) is 0 Å². The minimum Gasteiger partial charge on any atom is -0.355 e. The minimum atomic E-state index is -0.379. The minimum absolute atomic E-state index is 0.104. The SMILES string of the molecule is Cc1ccc2[nH]c(-c3cccc([N+](=O)[O-])c3)cc2c1. The number of fused-ring (bicyclic) bond motifs is 1. The maximum atomic E-state index is 10.8. The Bertz CT molecular complexity index is 775. The maximum Gasteiger partial charge on any atom is 0.270 e. The normalized spacial score (nSPS) is 10.8. The van der Waals surface area contributed by atoms with Crippen molar-refractivity contribution >= 4 is 16.6 Å². The fraction of sp³-hybridized carbons (Fsp3) is 0.0667. The van der Waals surface area contributed by atoms with Crippen molar-refractivity contribution in [1.82, 2.24) is 4.98 Å². The Kier molecular flexibility index (Phi) is 2.56. The van der Waals surface area contributed by atoms with Gasteiger partial charge in [0, 0.05) is 34.3 Å². The molecule has 1 N–H and O–H groups in total. The van der Waals surface area contributed by atoms with Gasteiger partial charge in [-0.1, -0.05) is 23.8 Å². The van der Waals surface area contributed by atoms with Crippen molar-refractivity contribution in [3.05, 3.63) is 64.2 Å². The molecule has 0 fully saturated rings. The molecule has 0 aliphatic rings. The number of nitrogens with zero attached hydrogens (tertiary/aromatic N) is 1. The summed E-state index contributed by atoms with van der Waals surface area (Å²) in [6, 6.07) is 14.8. The van der Waals surface area contributed by atoms with Crippen LogP contribution in [0.4, 0.5) is 5.69 Å². The molecule has 0 radical (unpaired) electrons. The number of hydrogen-bond donors (Lipinski definition) is 1. The molecule has 0 aliphatic carbocycles. The number of benzene rings is 2. The third-order valence-electron chi connectivity index (χ3n) is 3.14. The van der Waals surface area contributed by atoms with Gasteiger partial charge in [-0.15, -0.1) is 0 Å². The van der Waals surface area contributed by atoms with Crippen LogP contribution in [0.2, 0.25) is 0 Å². The Morgan fingerprint density at radius 2 is 1.95 bits per heavy atom. The number of aromatic nitrogens is 1. The number of non-ortho nitro benzene ring substituents is 1. The molecular formula is C15H12N2O2. The van der Waals surface area contributed by atoms with E-state index in [2.05, 4.69) is 11.1 Å². The molecule has 0 saturated carbocycles. The first kappa shape index (κ1) is 11.5. The highest BCUT2D eigenvalue weighted by molar-refractivity contribution is 5.86. The van der Waals surface area contributed by atoms with Crippen molar-refractivity contribution in [1.29, 1.82) is 0 Å². The van der Waals surface area contributed by atoms with Gasteiger partial charge in [0.05, 0.1) is 4.92 Å². The lowest BCUT2D eigenvalue weighted by atomic mass is 10.1. The number of nitrogens with one attached hydrogen (secondary N) is 1. The highest BCUT2D eigenvalue weighted by atomic mass is 16.6. The molecular weight excluding hydrogens is 240 g/mol. The molecule has 1 aromatic heterocycles.